The molecule has 0 spiro atoms. The average Bonchev–Trinajstić information content (AvgIpc) is 3.30. The van der Waals surface area contributed by atoms with E-state index in [1.807, 2.05) is 0 Å². The molecule has 0 aliphatic carbocycles. The molecule has 1 aromatic heterocycles. The first-order chi connectivity index (χ1) is 15.8. The first-order valence-corrected chi connectivity index (χ1v) is 11.4. The van der Waals surface area contributed by atoms with E-state index < -0.39 is 22.0 Å². The van der Waals surface area contributed by atoms with Crippen LogP contribution in [0.1, 0.15) is 29.2 Å². The molecule has 0 fully saturated rings. The molecule has 1 unspecified atom stereocenters. The van der Waals surface area contributed by atoms with Crippen LogP contribution in [0.3, 0.4) is 0 Å². The molecule has 1 heterocycles. The van der Waals surface area contributed by atoms with Crippen LogP contribution in [0.4, 0.5) is 10.1 Å². The molecule has 0 saturated carbocycles. The van der Waals surface area contributed by atoms with E-state index in [1.165, 1.54) is 42.5 Å². The van der Waals surface area contributed by atoms with Gasteiger partial charge in [0.05, 0.1) is 4.90 Å². The van der Waals surface area contributed by atoms with Gasteiger partial charge in [-0.3, -0.25) is 9.52 Å². The van der Waals surface area contributed by atoms with E-state index in [4.69, 9.17) is 4.52 Å². The SMILES string of the molecule is CC(NC(=O)c1cccc(NS(=O)(=O)c2ccccc2)c1)c1nc(-c2ccc(F)cc2)no1. The Morgan fingerprint density at radius 2 is 1.73 bits per heavy atom. The third-order valence-corrected chi connectivity index (χ3v) is 6.09. The molecule has 168 valence electrons. The average molecular weight is 466 g/mol. The van der Waals surface area contributed by atoms with Crippen molar-refractivity contribution >= 4 is 21.6 Å². The Hall–Kier alpha value is -4.05. The van der Waals surface area contributed by atoms with Gasteiger partial charge in [-0.05, 0) is 61.5 Å². The molecular formula is C23H19FN4O4S. The standard InChI is InChI=1S/C23H19FN4O4S/c1-15(23-26-21(27-32-23)16-10-12-18(24)13-11-16)25-22(29)17-6-5-7-19(14-17)28-33(30,31)20-8-3-2-4-9-20/h2-15,28H,1H3,(H,25,29). The normalized spacial score (nSPS) is 12.2. The number of nitrogens with one attached hydrogen (secondary N) is 2. The second kappa shape index (κ2) is 9.21. The second-order valence-electron chi connectivity index (χ2n) is 7.16. The van der Waals surface area contributed by atoms with Crippen LogP contribution in [0.5, 0.6) is 0 Å². The van der Waals surface area contributed by atoms with Gasteiger partial charge in [-0.2, -0.15) is 4.98 Å². The Labute approximate surface area is 189 Å². The fourth-order valence-electron chi connectivity index (χ4n) is 3.01. The number of aromatic nitrogens is 2. The van der Waals surface area contributed by atoms with Crippen molar-refractivity contribution in [1.82, 2.24) is 15.5 Å². The lowest BCUT2D eigenvalue weighted by atomic mass is 10.2. The second-order valence-corrected chi connectivity index (χ2v) is 8.84. The Morgan fingerprint density at radius 1 is 1.00 bits per heavy atom. The molecule has 33 heavy (non-hydrogen) atoms. The highest BCUT2D eigenvalue weighted by Crippen LogP contribution is 2.20. The van der Waals surface area contributed by atoms with Crippen LogP contribution < -0.4 is 10.0 Å². The van der Waals surface area contributed by atoms with Crippen LogP contribution in [0.15, 0.2) is 88.3 Å². The predicted octanol–water partition coefficient (Wildman–Crippen LogP) is 4.17. The van der Waals surface area contributed by atoms with E-state index in [9.17, 15) is 17.6 Å². The summed E-state index contributed by atoms with van der Waals surface area (Å²) in [5, 5.41) is 6.60. The maximum Gasteiger partial charge on any atom is 0.261 e. The van der Waals surface area contributed by atoms with Crippen LogP contribution >= 0.6 is 0 Å². The zero-order valence-electron chi connectivity index (χ0n) is 17.4. The van der Waals surface area contributed by atoms with E-state index in [0.717, 1.165) is 0 Å². The van der Waals surface area contributed by atoms with E-state index in [0.29, 0.717) is 5.56 Å². The van der Waals surface area contributed by atoms with Crippen molar-refractivity contribution in [3.63, 3.8) is 0 Å². The molecule has 0 saturated heterocycles. The van der Waals surface area contributed by atoms with Crippen molar-refractivity contribution < 1.29 is 22.1 Å². The van der Waals surface area contributed by atoms with Gasteiger partial charge in [0.2, 0.25) is 11.7 Å². The quantitative estimate of drug-likeness (QED) is 0.423. The van der Waals surface area contributed by atoms with Crippen LogP contribution in [0.2, 0.25) is 0 Å². The molecule has 1 amide bonds. The van der Waals surface area contributed by atoms with Crippen molar-refractivity contribution in [2.75, 3.05) is 4.72 Å². The largest absolute Gasteiger partial charge is 0.341 e. The number of halogens is 1. The van der Waals surface area contributed by atoms with E-state index in [-0.39, 0.29) is 33.7 Å². The van der Waals surface area contributed by atoms with E-state index in [2.05, 4.69) is 20.2 Å². The highest BCUT2D eigenvalue weighted by molar-refractivity contribution is 7.92. The summed E-state index contributed by atoms with van der Waals surface area (Å²) >= 11 is 0. The van der Waals surface area contributed by atoms with Crippen molar-refractivity contribution in [1.29, 1.82) is 0 Å². The zero-order valence-corrected chi connectivity index (χ0v) is 18.2. The molecular weight excluding hydrogens is 447 g/mol. The molecule has 3 aromatic carbocycles. The van der Waals surface area contributed by atoms with Gasteiger partial charge in [0.25, 0.3) is 15.9 Å². The Morgan fingerprint density at radius 3 is 2.45 bits per heavy atom. The summed E-state index contributed by atoms with van der Waals surface area (Å²) in [6.45, 7) is 1.67. The lowest BCUT2D eigenvalue weighted by Crippen LogP contribution is -2.27. The van der Waals surface area contributed by atoms with E-state index in [1.54, 1.807) is 43.3 Å². The minimum absolute atomic E-state index is 0.113. The van der Waals surface area contributed by atoms with Gasteiger partial charge in [0.15, 0.2) is 0 Å². The number of carbonyl (C=O) groups is 1. The Balaban J connectivity index is 1.45. The number of sulfonamides is 1. The number of benzene rings is 3. The number of rotatable bonds is 7. The van der Waals surface area contributed by atoms with Gasteiger partial charge >= 0.3 is 0 Å². The molecule has 1 atom stereocenters. The van der Waals surface area contributed by atoms with Crippen LogP contribution in [-0.4, -0.2) is 24.5 Å². The van der Waals surface area contributed by atoms with Crippen molar-refractivity contribution in [2.45, 2.75) is 17.9 Å². The highest BCUT2D eigenvalue weighted by Gasteiger charge is 2.19. The summed E-state index contributed by atoms with van der Waals surface area (Å²) in [6.07, 6.45) is 0. The van der Waals surface area contributed by atoms with Gasteiger partial charge in [-0.25, -0.2) is 12.8 Å². The third kappa shape index (κ3) is 5.24. The minimum atomic E-state index is -3.79. The van der Waals surface area contributed by atoms with Crippen LogP contribution in [0, 0.1) is 5.82 Å². The van der Waals surface area contributed by atoms with Crippen LogP contribution in [0.25, 0.3) is 11.4 Å². The maximum atomic E-state index is 13.1. The molecule has 10 heteroatoms. The summed E-state index contributed by atoms with van der Waals surface area (Å²) < 4.78 is 45.8. The maximum absolute atomic E-state index is 13.1. The summed E-state index contributed by atoms with van der Waals surface area (Å²) in [4.78, 5) is 17.1. The zero-order chi connectivity index (χ0) is 23.4. The highest BCUT2D eigenvalue weighted by atomic mass is 32.2. The van der Waals surface area contributed by atoms with Crippen molar-refractivity contribution in [2.24, 2.45) is 0 Å². The van der Waals surface area contributed by atoms with Gasteiger partial charge in [-0.1, -0.05) is 29.4 Å². The topological polar surface area (TPSA) is 114 Å². The lowest BCUT2D eigenvalue weighted by molar-refractivity contribution is 0.0932. The van der Waals surface area contributed by atoms with Gasteiger partial charge < -0.3 is 9.84 Å². The molecule has 0 aliphatic heterocycles. The van der Waals surface area contributed by atoms with Gasteiger partial charge in [0, 0.05) is 16.8 Å². The molecule has 4 aromatic rings. The molecule has 0 bridgehead atoms. The summed E-state index contributed by atoms with van der Waals surface area (Å²) in [5.41, 5.74) is 1.06. The van der Waals surface area contributed by atoms with Gasteiger partial charge in [-0.15, -0.1) is 0 Å². The molecule has 2 N–H and O–H groups in total. The van der Waals surface area contributed by atoms with Crippen molar-refractivity contribution in [3.05, 3.63) is 96.1 Å². The fraction of sp³-hybridized carbons (Fsp3) is 0.0870. The van der Waals surface area contributed by atoms with Gasteiger partial charge in [0.1, 0.15) is 11.9 Å². The number of carbonyl (C=O) groups excluding carboxylic acids is 1. The monoisotopic (exact) mass is 466 g/mol. The first kappa shape index (κ1) is 22.2. The Bertz CT molecular complexity index is 1370. The Kier molecular flexibility index (Phi) is 6.18. The van der Waals surface area contributed by atoms with Crippen molar-refractivity contribution in [3.8, 4) is 11.4 Å². The molecule has 0 aliphatic rings. The predicted molar refractivity (Wildman–Crippen MR) is 119 cm³/mol. The first-order valence-electron chi connectivity index (χ1n) is 9.90. The van der Waals surface area contributed by atoms with E-state index >= 15 is 0 Å². The molecule has 0 radical (unpaired) electrons. The third-order valence-electron chi connectivity index (χ3n) is 4.69. The lowest BCUT2D eigenvalue weighted by Gasteiger charge is -2.12. The van der Waals surface area contributed by atoms with Crippen LogP contribution in [-0.2, 0) is 10.0 Å². The summed E-state index contributed by atoms with van der Waals surface area (Å²) in [7, 11) is -3.79. The minimum Gasteiger partial charge on any atom is -0.341 e. The molecule has 8 nitrogen and oxygen atoms in total. The summed E-state index contributed by atoms with van der Waals surface area (Å²) in [6, 6.07) is 19.0. The smallest absolute Gasteiger partial charge is 0.261 e. The number of hydrogen-bond donors (Lipinski definition) is 2. The summed E-state index contributed by atoms with van der Waals surface area (Å²) in [5.74, 6) is -0.395. The molecule has 4 rings (SSSR count). The number of hydrogen-bond acceptors (Lipinski definition) is 6. The number of amides is 1. The fourth-order valence-corrected chi connectivity index (χ4v) is 4.08. The number of nitrogens with zero attached hydrogens (tertiary/aromatic N) is 2. The number of anilines is 1.